The third-order valence-electron chi connectivity index (χ3n) is 6.35. The van der Waals surface area contributed by atoms with Gasteiger partial charge in [-0.15, -0.1) is 0 Å². The summed E-state index contributed by atoms with van der Waals surface area (Å²) in [5.41, 5.74) is 0.497. The summed E-state index contributed by atoms with van der Waals surface area (Å²) in [4.78, 5) is 31.6. The van der Waals surface area contributed by atoms with Crippen molar-refractivity contribution >= 4 is 39.1 Å². The van der Waals surface area contributed by atoms with Gasteiger partial charge < -0.3 is 9.15 Å². The van der Waals surface area contributed by atoms with Crippen LogP contribution in [-0.2, 0) is 4.79 Å². The second-order valence-electron chi connectivity index (χ2n) is 8.62. The molecule has 0 amide bonds. The van der Waals surface area contributed by atoms with E-state index in [4.69, 9.17) is 14.1 Å². The number of ketones is 1. The van der Waals surface area contributed by atoms with Gasteiger partial charge >= 0.3 is 0 Å². The van der Waals surface area contributed by atoms with Crippen LogP contribution in [0.4, 0.5) is 0 Å². The molecule has 6 rings (SSSR count). The molecular weight excluding hydrogens is 516 g/mol. The third kappa shape index (κ3) is 3.24. The van der Waals surface area contributed by atoms with E-state index in [2.05, 4.69) is 15.9 Å². The maximum atomic E-state index is 13.6. The van der Waals surface area contributed by atoms with Crippen LogP contribution < -0.4 is 19.6 Å². The molecule has 8 heteroatoms. The molecule has 2 aliphatic heterocycles. The van der Waals surface area contributed by atoms with E-state index in [0.29, 0.717) is 26.6 Å². The van der Waals surface area contributed by atoms with Crippen molar-refractivity contribution < 1.29 is 13.9 Å². The van der Waals surface area contributed by atoms with E-state index < -0.39 is 17.7 Å². The summed E-state index contributed by atoms with van der Waals surface area (Å²) in [6.45, 7) is 3.35. The first-order valence-corrected chi connectivity index (χ1v) is 12.4. The number of halogens is 1. The molecule has 0 N–H and O–H groups in total. The Bertz CT molecular complexity index is 1630. The Labute approximate surface area is 207 Å². The van der Waals surface area contributed by atoms with E-state index in [1.54, 1.807) is 10.6 Å². The monoisotopic (exact) mass is 534 g/mol. The van der Waals surface area contributed by atoms with Crippen LogP contribution in [0.2, 0.25) is 0 Å². The van der Waals surface area contributed by atoms with Crippen LogP contribution in [0, 0.1) is 5.92 Å². The zero-order valence-electron chi connectivity index (χ0n) is 18.3. The van der Waals surface area contributed by atoms with Crippen LogP contribution in [-0.4, -0.2) is 16.1 Å². The summed E-state index contributed by atoms with van der Waals surface area (Å²) in [5.74, 6) is 1.28. The highest BCUT2D eigenvalue weighted by molar-refractivity contribution is 9.10. The summed E-state index contributed by atoms with van der Waals surface area (Å²) >= 11 is 4.72. The number of thiazole rings is 1. The van der Waals surface area contributed by atoms with Gasteiger partial charge in [0.15, 0.2) is 4.80 Å². The number of ether oxygens (including phenoxy) is 1. The number of hydrogen-bond donors (Lipinski definition) is 0. The quantitative estimate of drug-likeness (QED) is 0.392. The van der Waals surface area contributed by atoms with Crippen LogP contribution in [0.5, 0.6) is 5.75 Å². The van der Waals surface area contributed by atoms with Gasteiger partial charge in [0.25, 0.3) is 5.56 Å². The standard InChI is InChI=1S/C26H19BrN2O4S/c1-14(30)22-23-18-5-3-4-6-20(18)33-26(22,2)28-25-29(23)24(31)21(34-25)13-17-11-12-19(32-17)15-7-9-16(27)10-8-15/h3-13,22-23H,1-2H3/b21-13+/t22-,23-,26-/m1/s1. The number of Topliss-reactive ketones (excluding diaryl/α,β-unsaturated/α-hetero) is 1. The van der Waals surface area contributed by atoms with Gasteiger partial charge in [-0.2, -0.15) is 0 Å². The molecule has 2 aliphatic rings. The van der Waals surface area contributed by atoms with Gasteiger partial charge in [0.1, 0.15) is 29.0 Å². The van der Waals surface area contributed by atoms with E-state index in [1.807, 2.05) is 67.6 Å². The molecule has 0 saturated carbocycles. The molecular formula is C26H19BrN2O4S. The molecule has 6 nitrogen and oxygen atoms in total. The Kier molecular flexibility index (Phi) is 4.79. The average Bonchev–Trinajstić information content (AvgIpc) is 3.37. The van der Waals surface area contributed by atoms with E-state index in [-0.39, 0.29) is 11.3 Å². The summed E-state index contributed by atoms with van der Waals surface area (Å²) in [7, 11) is 0. The van der Waals surface area contributed by atoms with E-state index >= 15 is 0 Å². The minimum absolute atomic E-state index is 0.0646. The highest BCUT2D eigenvalue weighted by atomic mass is 79.9. The first-order chi connectivity index (χ1) is 16.3. The fourth-order valence-corrected chi connectivity index (χ4v) is 6.23. The molecule has 34 heavy (non-hydrogen) atoms. The minimum atomic E-state index is -1.07. The van der Waals surface area contributed by atoms with Crippen LogP contribution in [0.25, 0.3) is 17.4 Å². The molecule has 2 bridgehead atoms. The number of benzene rings is 2. The molecule has 0 radical (unpaired) electrons. The maximum absolute atomic E-state index is 13.6. The van der Waals surface area contributed by atoms with Crippen LogP contribution >= 0.6 is 27.3 Å². The van der Waals surface area contributed by atoms with Crippen molar-refractivity contribution in [3.63, 3.8) is 0 Å². The van der Waals surface area contributed by atoms with E-state index in [9.17, 15) is 9.59 Å². The zero-order chi connectivity index (χ0) is 23.6. The predicted molar refractivity (Wildman–Crippen MR) is 133 cm³/mol. The second kappa shape index (κ2) is 7.65. The van der Waals surface area contributed by atoms with Crippen LogP contribution in [0.15, 0.2) is 79.3 Å². The molecule has 2 aromatic heterocycles. The van der Waals surface area contributed by atoms with Crippen molar-refractivity contribution in [2.45, 2.75) is 25.6 Å². The van der Waals surface area contributed by atoms with Crippen molar-refractivity contribution in [2.75, 3.05) is 0 Å². The summed E-state index contributed by atoms with van der Waals surface area (Å²) in [6, 6.07) is 18.6. The smallest absolute Gasteiger partial charge is 0.271 e. The van der Waals surface area contributed by atoms with Crippen molar-refractivity contribution in [2.24, 2.45) is 10.9 Å². The van der Waals surface area contributed by atoms with Gasteiger partial charge in [-0.1, -0.05) is 57.6 Å². The summed E-state index contributed by atoms with van der Waals surface area (Å²) in [6.07, 6.45) is 1.73. The predicted octanol–water partition coefficient (Wildman–Crippen LogP) is 4.30. The second-order valence-corrected chi connectivity index (χ2v) is 10.5. The highest BCUT2D eigenvalue weighted by Gasteiger charge is 2.53. The maximum Gasteiger partial charge on any atom is 0.271 e. The molecule has 0 spiro atoms. The lowest BCUT2D eigenvalue weighted by molar-refractivity contribution is -0.132. The Morgan fingerprint density at radius 2 is 1.91 bits per heavy atom. The van der Waals surface area contributed by atoms with Crippen molar-refractivity contribution in [3.05, 3.63) is 96.1 Å². The Morgan fingerprint density at radius 1 is 1.15 bits per heavy atom. The molecule has 0 unspecified atom stereocenters. The first kappa shape index (κ1) is 21.3. The lowest BCUT2D eigenvalue weighted by Crippen LogP contribution is -2.58. The molecule has 2 aromatic carbocycles. The summed E-state index contributed by atoms with van der Waals surface area (Å²) in [5, 5.41) is 0. The minimum Gasteiger partial charge on any atom is -0.465 e. The molecule has 4 aromatic rings. The van der Waals surface area contributed by atoms with Crippen molar-refractivity contribution in [1.82, 2.24) is 4.57 Å². The Balaban J connectivity index is 1.51. The number of hydrogen-bond acceptors (Lipinski definition) is 6. The number of rotatable bonds is 3. The number of nitrogens with zero attached hydrogens (tertiary/aromatic N) is 2. The molecule has 0 fully saturated rings. The average molecular weight is 535 g/mol. The lowest BCUT2D eigenvalue weighted by Gasteiger charge is -2.45. The molecule has 0 saturated heterocycles. The van der Waals surface area contributed by atoms with Gasteiger partial charge in [0.05, 0.1) is 10.6 Å². The van der Waals surface area contributed by atoms with Crippen molar-refractivity contribution in [1.29, 1.82) is 0 Å². The van der Waals surface area contributed by atoms with Gasteiger partial charge in [-0.25, -0.2) is 4.99 Å². The van der Waals surface area contributed by atoms with Gasteiger partial charge in [0.2, 0.25) is 5.72 Å². The highest BCUT2D eigenvalue weighted by Crippen LogP contribution is 2.47. The van der Waals surface area contributed by atoms with Crippen molar-refractivity contribution in [3.8, 4) is 17.1 Å². The first-order valence-electron chi connectivity index (χ1n) is 10.8. The number of fused-ring (bicyclic) bond motifs is 6. The molecule has 4 heterocycles. The topological polar surface area (TPSA) is 73.8 Å². The van der Waals surface area contributed by atoms with Gasteiger partial charge in [0, 0.05) is 21.7 Å². The number of furan rings is 1. The molecule has 170 valence electrons. The Hall–Kier alpha value is -3.23. The number of aromatic nitrogens is 1. The largest absolute Gasteiger partial charge is 0.465 e. The zero-order valence-corrected chi connectivity index (χ0v) is 20.7. The fraction of sp³-hybridized carbons (Fsp3) is 0.192. The third-order valence-corrected chi connectivity index (χ3v) is 7.86. The van der Waals surface area contributed by atoms with Crippen LogP contribution in [0.1, 0.15) is 31.2 Å². The molecule has 3 atom stereocenters. The Morgan fingerprint density at radius 3 is 2.68 bits per heavy atom. The van der Waals surface area contributed by atoms with Gasteiger partial charge in [-0.05, 0) is 44.2 Å². The lowest BCUT2D eigenvalue weighted by atomic mass is 9.79. The van der Waals surface area contributed by atoms with E-state index in [1.165, 1.54) is 18.3 Å². The molecule has 0 aliphatic carbocycles. The SMILES string of the molecule is CC(=O)[C@@H]1[C@H]2c3ccccc3O[C@@]1(C)N=c1s/c(=C/c3ccc(-c4ccc(Br)cc4)o3)c(=O)n12. The number of para-hydroxylation sites is 1. The van der Waals surface area contributed by atoms with Crippen LogP contribution in [0.3, 0.4) is 0 Å². The van der Waals surface area contributed by atoms with Gasteiger partial charge in [-0.3, -0.25) is 14.2 Å². The normalized spacial score (nSPS) is 23.0. The fourth-order valence-electron chi connectivity index (χ4n) is 4.89. The summed E-state index contributed by atoms with van der Waals surface area (Å²) < 4.78 is 15.3. The number of carbonyl (C=O) groups is 1. The van der Waals surface area contributed by atoms with E-state index in [0.717, 1.165) is 15.6 Å². The number of carbonyl (C=O) groups excluding carboxylic acids is 1.